The van der Waals surface area contributed by atoms with E-state index in [2.05, 4.69) is 41.5 Å². The van der Waals surface area contributed by atoms with Gasteiger partial charge < -0.3 is 0 Å². The third-order valence-electron chi connectivity index (χ3n) is 4.14. The molecule has 0 fully saturated rings. The van der Waals surface area contributed by atoms with Gasteiger partial charge in [-0.15, -0.1) is 0 Å². The van der Waals surface area contributed by atoms with Crippen LogP contribution in [0.15, 0.2) is 0 Å². The van der Waals surface area contributed by atoms with Crippen LogP contribution in [-0.4, -0.2) is 0 Å². The van der Waals surface area contributed by atoms with Crippen LogP contribution in [0, 0.1) is 23.7 Å². The van der Waals surface area contributed by atoms with Gasteiger partial charge in [0.1, 0.15) is 0 Å². The van der Waals surface area contributed by atoms with E-state index in [9.17, 15) is 0 Å². The van der Waals surface area contributed by atoms with E-state index in [-0.39, 0.29) is 0 Å². The number of hydrogen-bond donors (Lipinski definition) is 0. The van der Waals surface area contributed by atoms with Gasteiger partial charge in [0.2, 0.25) is 0 Å². The zero-order chi connectivity index (χ0) is 11.8. The summed E-state index contributed by atoms with van der Waals surface area (Å²) in [5.74, 6) is 3.65. The maximum absolute atomic E-state index is 2.44. The van der Waals surface area contributed by atoms with Crippen LogP contribution in [0.5, 0.6) is 0 Å². The van der Waals surface area contributed by atoms with Crippen molar-refractivity contribution in [2.45, 2.75) is 73.6 Å². The molecule has 0 nitrogen and oxygen atoms in total. The number of hydrogen-bond acceptors (Lipinski definition) is 0. The van der Waals surface area contributed by atoms with E-state index in [1.165, 1.54) is 32.1 Å². The van der Waals surface area contributed by atoms with Gasteiger partial charge in [-0.25, -0.2) is 0 Å². The molecule has 0 aromatic heterocycles. The Bertz CT molecular complexity index is 137. The fraction of sp³-hybridized carbons (Fsp3) is 1.00. The fourth-order valence-electron chi connectivity index (χ4n) is 2.91. The summed E-state index contributed by atoms with van der Waals surface area (Å²) in [6.45, 7) is 14.3. The summed E-state index contributed by atoms with van der Waals surface area (Å²) in [4.78, 5) is 0. The van der Waals surface area contributed by atoms with Crippen LogP contribution in [0.3, 0.4) is 0 Å². The van der Waals surface area contributed by atoms with Crippen LogP contribution in [0.4, 0.5) is 0 Å². The van der Waals surface area contributed by atoms with Gasteiger partial charge in [0, 0.05) is 0 Å². The van der Waals surface area contributed by atoms with Crippen molar-refractivity contribution in [1.82, 2.24) is 0 Å². The SMILES string of the molecule is CCCCC(C(C)C)C(CC)C(C)CC. The molecule has 0 aliphatic carbocycles. The van der Waals surface area contributed by atoms with Crippen LogP contribution in [0.2, 0.25) is 0 Å². The van der Waals surface area contributed by atoms with Crippen molar-refractivity contribution in [3.05, 3.63) is 0 Å². The molecule has 0 amide bonds. The Morgan fingerprint density at radius 3 is 1.73 bits per heavy atom. The second kappa shape index (κ2) is 8.19. The Morgan fingerprint density at radius 2 is 1.40 bits per heavy atom. The molecule has 0 heterocycles. The molecule has 3 atom stereocenters. The van der Waals surface area contributed by atoms with Gasteiger partial charge in [-0.05, 0) is 30.1 Å². The van der Waals surface area contributed by atoms with E-state index in [0.29, 0.717) is 0 Å². The lowest BCUT2D eigenvalue weighted by Crippen LogP contribution is -2.25. The average Bonchev–Trinajstić information content (AvgIpc) is 2.22. The van der Waals surface area contributed by atoms with E-state index in [0.717, 1.165) is 23.7 Å². The zero-order valence-electron chi connectivity index (χ0n) is 11.8. The fourth-order valence-corrected chi connectivity index (χ4v) is 2.91. The van der Waals surface area contributed by atoms with Crippen LogP contribution in [0.1, 0.15) is 73.6 Å². The molecule has 0 N–H and O–H groups in total. The highest BCUT2D eigenvalue weighted by atomic mass is 14.3. The molecule has 0 aliphatic rings. The molecule has 0 aromatic rings. The summed E-state index contributed by atoms with van der Waals surface area (Å²) < 4.78 is 0. The van der Waals surface area contributed by atoms with Crippen LogP contribution >= 0.6 is 0 Å². The van der Waals surface area contributed by atoms with Crippen molar-refractivity contribution in [2.75, 3.05) is 0 Å². The Morgan fingerprint density at radius 1 is 0.800 bits per heavy atom. The summed E-state index contributed by atoms with van der Waals surface area (Å²) in [6.07, 6.45) is 6.91. The molecule has 3 unspecified atom stereocenters. The van der Waals surface area contributed by atoms with Crippen molar-refractivity contribution in [3.8, 4) is 0 Å². The van der Waals surface area contributed by atoms with Gasteiger partial charge in [0.25, 0.3) is 0 Å². The first-order chi connectivity index (χ1) is 7.08. The van der Waals surface area contributed by atoms with Crippen LogP contribution in [0.25, 0.3) is 0 Å². The van der Waals surface area contributed by atoms with Gasteiger partial charge in [-0.1, -0.05) is 67.2 Å². The first-order valence-electron chi connectivity index (χ1n) is 7.08. The standard InChI is InChI=1S/C15H32/c1-7-10-11-15(12(4)5)14(9-3)13(6)8-2/h12-15H,7-11H2,1-6H3. The lowest BCUT2D eigenvalue weighted by Gasteiger charge is -2.33. The van der Waals surface area contributed by atoms with Gasteiger partial charge in [0.05, 0.1) is 0 Å². The Labute approximate surface area is 97.8 Å². The molecule has 0 saturated heterocycles. The van der Waals surface area contributed by atoms with Gasteiger partial charge in [-0.2, -0.15) is 0 Å². The van der Waals surface area contributed by atoms with Gasteiger partial charge in [-0.3, -0.25) is 0 Å². The highest BCUT2D eigenvalue weighted by molar-refractivity contribution is 4.75. The molecular weight excluding hydrogens is 180 g/mol. The third kappa shape index (κ3) is 5.04. The van der Waals surface area contributed by atoms with Crippen LogP contribution in [-0.2, 0) is 0 Å². The Balaban J connectivity index is 4.40. The highest BCUT2D eigenvalue weighted by Crippen LogP contribution is 2.35. The van der Waals surface area contributed by atoms with Crippen molar-refractivity contribution >= 4 is 0 Å². The minimum atomic E-state index is 0.857. The van der Waals surface area contributed by atoms with Gasteiger partial charge >= 0.3 is 0 Å². The maximum atomic E-state index is 2.44. The quantitative estimate of drug-likeness (QED) is 0.497. The lowest BCUT2D eigenvalue weighted by atomic mass is 9.72. The van der Waals surface area contributed by atoms with Crippen LogP contribution < -0.4 is 0 Å². The van der Waals surface area contributed by atoms with Gasteiger partial charge in [0.15, 0.2) is 0 Å². The highest BCUT2D eigenvalue weighted by Gasteiger charge is 2.26. The largest absolute Gasteiger partial charge is 0.0654 e. The smallest absolute Gasteiger partial charge is 0.0360 e. The van der Waals surface area contributed by atoms with E-state index < -0.39 is 0 Å². The summed E-state index contributed by atoms with van der Waals surface area (Å²) in [7, 11) is 0. The third-order valence-corrected chi connectivity index (χ3v) is 4.14. The van der Waals surface area contributed by atoms with Crippen molar-refractivity contribution in [2.24, 2.45) is 23.7 Å². The second-order valence-electron chi connectivity index (χ2n) is 5.51. The molecular formula is C15H32. The maximum Gasteiger partial charge on any atom is -0.0360 e. The lowest BCUT2D eigenvalue weighted by molar-refractivity contribution is 0.163. The van der Waals surface area contributed by atoms with Crippen molar-refractivity contribution in [3.63, 3.8) is 0 Å². The second-order valence-corrected chi connectivity index (χ2v) is 5.51. The molecule has 15 heavy (non-hydrogen) atoms. The zero-order valence-corrected chi connectivity index (χ0v) is 11.8. The Kier molecular flexibility index (Phi) is 8.19. The molecule has 0 aliphatic heterocycles. The molecule has 0 aromatic carbocycles. The predicted molar refractivity (Wildman–Crippen MR) is 71.1 cm³/mol. The van der Waals surface area contributed by atoms with E-state index >= 15 is 0 Å². The summed E-state index contributed by atoms with van der Waals surface area (Å²) in [5.41, 5.74) is 0. The molecule has 92 valence electrons. The summed E-state index contributed by atoms with van der Waals surface area (Å²) >= 11 is 0. The normalized spacial score (nSPS) is 17.8. The first kappa shape index (κ1) is 15.0. The van der Waals surface area contributed by atoms with E-state index in [1.54, 1.807) is 0 Å². The molecule has 0 spiro atoms. The molecule has 0 saturated carbocycles. The van der Waals surface area contributed by atoms with Crippen molar-refractivity contribution < 1.29 is 0 Å². The summed E-state index contributed by atoms with van der Waals surface area (Å²) in [5, 5.41) is 0. The average molecular weight is 212 g/mol. The van der Waals surface area contributed by atoms with Crippen molar-refractivity contribution in [1.29, 1.82) is 0 Å². The van der Waals surface area contributed by atoms with E-state index in [1.807, 2.05) is 0 Å². The monoisotopic (exact) mass is 212 g/mol. The molecule has 0 heteroatoms. The minimum absolute atomic E-state index is 0.857. The molecule has 0 radical (unpaired) electrons. The predicted octanol–water partition coefficient (Wildman–Crippen LogP) is 5.52. The molecule has 0 bridgehead atoms. The number of rotatable bonds is 8. The Hall–Kier alpha value is 0. The summed E-state index contributed by atoms with van der Waals surface area (Å²) in [6, 6.07) is 0. The number of unbranched alkanes of at least 4 members (excludes halogenated alkanes) is 1. The minimum Gasteiger partial charge on any atom is -0.0654 e. The first-order valence-corrected chi connectivity index (χ1v) is 7.08. The molecule has 0 rings (SSSR count). The van der Waals surface area contributed by atoms with E-state index in [4.69, 9.17) is 0 Å². The topological polar surface area (TPSA) is 0 Å².